The van der Waals surface area contributed by atoms with Gasteiger partial charge in [-0.05, 0) is 36.4 Å². The summed E-state index contributed by atoms with van der Waals surface area (Å²) in [6.07, 6.45) is 1.69. The van der Waals surface area contributed by atoms with Crippen LogP contribution in [0.1, 0.15) is 10.4 Å². The Morgan fingerprint density at radius 2 is 2.10 bits per heavy atom. The second kappa shape index (κ2) is 4.77. The van der Waals surface area contributed by atoms with Crippen LogP contribution in [0.25, 0.3) is 11.0 Å². The van der Waals surface area contributed by atoms with Gasteiger partial charge in [-0.25, -0.2) is 9.37 Å². The summed E-state index contributed by atoms with van der Waals surface area (Å²) in [5, 5.41) is 2.67. The van der Waals surface area contributed by atoms with Gasteiger partial charge in [-0.2, -0.15) is 0 Å². The molecule has 4 nitrogen and oxygen atoms in total. The molecule has 0 aliphatic carbocycles. The zero-order chi connectivity index (χ0) is 14.1. The first-order chi connectivity index (χ1) is 9.63. The van der Waals surface area contributed by atoms with Gasteiger partial charge >= 0.3 is 0 Å². The van der Waals surface area contributed by atoms with Crippen molar-refractivity contribution >= 4 is 22.6 Å². The lowest BCUT2D eigenvalue weighted by Crippen LogP contribution is -2.12. The molecule has 0 unspecified atom stereocenters. The van der Waals surface area contributed by atoms with Gasteiger partial charge in [-0.15, -0.1) is 0 Å². The molecule has 0 saturated heterocycles. The second-order valence-corrected chi connectivity index (χ2v) is 4.52. The van der Waals surface area contributed by atoms with E-state index in [1.54, 1.807) is 36.7 Å². The number of carbonyl (C=O) groups excluding carboxylic acids is 1. The van der Waals surface area contributed by atoms with Crippen LogP contribution < -0.4 is 5.32 Å². The van der Waals surface area contributed by atoms with E-state index in [9.17, 15) is 9.18 Å². The van der Waals surface area contributed by atoms with Crippen LogP contribution in [0.3, 0.4) is 0 Å². The summed E-state index contributed by atoms with van der Waals surface area (Å²) < 4.78 is 14.9. The zero-order valence-corrected chi connectivity index (χ0v) is 10.8. The predicted molar refractivity (Wildman–Crippen MR) is 75.1 cm³/mol. The van der Waals surface area contributed by atoms with Crippen molar-refractivity contribution in [2.75, 3.05) is 5.32 Å². The highest BCUT2D eigenvalue weighted by molar-refractivity contribution is 6.05. The molecule has 0 atom stereocenters. The van der Waals surface area contributed by atoms with Gasteiger partial charge in [0, 0.05) is 18.3 Å². The van der Waals surface area contributed by atoms with Crippen LogP contribution in [0.5, 0.6) is 0 Å². The first-order valence-electron chi connectivity index (χ1n) is 6.11. The highest BCUT2D eigenvalue weighted by Crippen LogP contribution is 2.16. The van der Waals surface area contributed by atoms with Crippen LogP contribution in [0.4, 0.5) is 10.1 Å². The number of halogens is 1. The third-order valence-corrected chi connectivity index (χ3v) is 3.07. The quantitative estimate of drug-likeness (QED) is 0.777. The van der Waals surface area contributed by atoms with Crippen LogP contribution in [-0.4, -0.2) is 15.5 Å². The monoisotopic (exact) mass is 269 g/mol. The molecule has 3 rings (SSSR count). The van der Waals surface area contributed by atoms with E-state index in [1.165, 1.54) is 12.1 Å². The summed E-state index contributed by atoms with van der Waals surface area (Å²) in [7, 11) is 1.86. The molecule has 1 N–H and O–H groups in total. The molecule has 2 aromatic carbocycles. The maximum absolute atomic E-state index is 13.1. The van der Waals surface area contributed by atoms with Crippen LogP contribution in [-0.2, 0) is 7.05 Å². The van der Waals surface area contributed by atoms with Crippen molar-refractivity contribution in [3.63, 3.8) is 0 Å². The highest BCUT2D eigenvalue weighted by Gasteiger charge is 2.09. The van der Waals surface area contributed by atoms with Gasteiger partial charge in [-0.3, -0.25) is 4.79 Å². The fraction of sp³-hybridized carbons (Fsp3) is 0.0667. The maximum atomic E-state index is 13.1. The molecular formula is C15H12FN3O. The molecule has 1 heterocycles. The molecule has 0 aliphatic heterocycles. The minimum atomic E-state index is -0.384. The molecule has 0 spiro atoms. The average Bonchev–Trinajstić information content (AvgIpc) is 2.80. The fourth-order valence-corrected chi connectivity index (χ4v) is 2.04. The summed E-state index contributed by atoms with van der Waals surface area (Å²) in [6.45, 7) is 0. The topological polar surface area (TPSA) is 46.9 Å². The van der Waals surface area contributed by atoms with E-state index >= 15 is 0 Å². The number of benzene rings is 2. The van der Waals surface area contributed by atoms with Crippen molar-refractivity contribution < 1.29 is 9.18 Å². The lowest BCUT2D eigenvalue weighted by Gasteiger charge is -2.05. The van der Waals surface area contributed by atoms with E-state index in [0.29, 0.717) is 11.3 Å². The summed E-state index contributed by atoms with van der Waals surface area (Å²) >= 11 is 0. The summed E-state index contributed by atoms with van der Waals surface area (Å²) in [5.41, 5.74) is 2.64. The van der Waals surface area contributed by atoms with Gasteiger partial charge in [0.15, 0.2) is 0 Å². The van der Waals surface area contributed by atoms with E-state index in [2.05, 4.69) is 10.3 Å². The average molecular weight is 269 g/mol. The lowest BCUT2D eigenvalue weighted by molar-refractivity contribution is 0.102. The number of nitrogens with zero attached hydrogens (tertiary/aromatic N) is 2. The second-order valence-electron chi connectivity index (χ2n) is 4.52. The standard InChI is InChI=1S/C15H12FN3O/c1-19-9-17-13-6-5-10(7-14(13)19)15(20)18-12-4-2-3-11(16)8-12/h2-9H,1H3,(H,18,20). The smallest absolute Gasteiger partial charge is 0.255 e. The summed E-state index contributed by atoms with van der Waals surface area (Å²) in [6, 6.07) is 11.0. The number of hydrogen-bond acceptors (Lipinski definition) is 2. The Hall–Kier alpha value is -2.69. The number of amides is 1. The molecule has 0 saturated carbocycles. The van der Waals surface area contributed by atoms with Crippen molar-refractivity contribution in [1.82, 2.24) is 9.55 Å². The van der Waals surface area contributed by atoms with E-state index < -0.39 is 0 Å². The Kier molecular flexibility index (Phi) is 2.95. The third kappa shape index (κ3) is 2.25. The molecule has 0 radical (unpaired) electrons. The SMILES string of the molecule is Cn1cnc2ccc(C(=O)Nc3cccc(F)c3)cc21. The molecule has 0 fully saturated rings. The number of anilines is 1. The Balaban J connectivity index is 1.90. The van der Waals surface area contributed by atoms with E-state index in [-0.39, 0.29) is 11.7 Å². The summed E-state index contributed by atoms with van der Waals surface area (Å²) in [4.78, 5) is 16.3. The van der Waals surface area contributed by atoms with Gasteiger partial charge in [0.25, 0.3) is 5.91 Å². The van der Waals surface area contributed by atoms with Gasteiger partial charge in [-0.1, -0.05) is 6.07 Å². The molecule has 20 heavy (non-hydrogen) atoms. The molecule has 3 aromatic rings. The van der Waals surface area contributed by atoms with Crippen LogP contribution in [0.15, 0.2) is 48.8 Å². The molecule has 0 aliphatic rings. The minimum Gasteiger partial charge on any atom is -0.334 e. The minimum absolute atomic E-state index is 0.279. The number of imidazole rings is 1. The predicted octanol–water partition coefficient (Wildman–Crippen LogP) is 2.96. The lowest BCUT2D eigenvalue weighted by atomic mass is 10.2. The number of rotatable bonds is 2. The first-order valence-corrected chi connectivity index (χ1v) is 6.11. The molecular weight excluding hydrogens is 257 g/mol. The Bertz CT molecular complexity index is 795. The highest BCUT2D eigenvalue weighted by atomic mass is 19.1. The van der Waals surface area contributed by atoms with Crippen LogP contribution in [0, 0.1) is 5.82 Å². The third-order valence-electron chi connectivity index (χ3n) is 3.07. The number of nitrogens with one attached hydrogen (secondary N) is 1. The number of fused-ring (bicyclic) bond motifs is 1. The zero-order valence-electron chi connectivity index (χ0n) is 10.8. The molecule has 1 aromatic heterocycles. The molecule has 1 amide bonds. The molecule has 0 bridgehead atoms. The largest absolute Gasteiger partial charge is 0.334 e. The van der Waals surface area contributed by atoms with Crippen molar-refractivity contribution in [3.05, 3.63) is 60.2 Å². The van der Waals surface area contributed by atoms with E-state index in [1.807, 2.05) is 11.6 Å². The first kappa shape index (κ1) is 12.3. The Morgan fingerprint density at radius 1 is 1.25 bits per heavy atom. The number of carbonyl (C=O) groups is 1. The van der Waals surface area contributed by atoms with Gasteiger partial charge in [0.1, 0.15) is 5.82 Å². The van der Waals surface area contributed by atoms with Crippen molar-refractivity contribution in [3.8, 4) is 0 Å². The van der Waals surface area contributed by atoms with Gasteiger partial charge < -0.3 is 9.88 Å². The molecule has 5 heteroatoms. The number of hydrogen-bond donors (Lipinski definition) is 1. The Labute approximate surface area is 114 Å². The van der Waals surface area contributed by atoms with Crippen LogP contribution >= 0.6 is 0 Å². The van der Waals surface area contributed by atoms with Gasteiger partial charge in [0.05, 0.1) is 17.4 Å². The Morgan fingerprint density at radius 3 is 2.90 bits per heavy atom. The van der Waals surface area contributed by atoms with E-state index in [0.717, 1.165) is 11.0 Å². The maximum Gasteiger partial charge on any atom is 0.255 e. The van der Waals surface area contributed by atoms with Crippen molar-refractivity contribution in [1.29, 1.82) is 0 Å². The van der Waals surface area contributed by atoms with Gasteiger partial charge in [0.2, 0.25) is 0 Å². The van der Waals surface area contributed by atoms with E-state index in [4.69, 9.17) is 0 Å². The van der Waals surface area contributed by atoms with Crippen molar-refractivity contribution in [2.24, 2.45) is 7.05 Å². The molecule has 100 valence electrons. The van der Waals surface area contributed by atoms with Crippen LogP contribution in [0.2, 0.25) is 0 Å². The number of aromatic nitrogens is 2. The fourth-order valence-electron chi connectivity index (χ4n) is 2.04. The summed E-state index contributed by atoms with van der Waals surface area (Å²) in [5.74, 6) is -0.663. The normalized spacial score (nSPS) is 10.7. The number of aryl methyl sites for hydroxylation is 1. The van der Waals surface area contributed by atoms with Crippen molar-refractivity contribution in [2.45, 2.75) is 0 Å².